The van der Waals surface area contributed by atoms with Gasteiger partial charge in [0.1, 0.15) is 11.5 Å². The highest BCUT2D eigenvalue weighted by Gasteiger charge is 2.05. The minimum absolute atomic E-state index is 0.721. The van der Waals surface area contributed by atoms with Gasteiger partial charge in [-0.2, -0.15) is 0 Å². The minimum Gasteiger partial charge on any atom is -0.497 e. The van der Waals surface area contributed by atoms with E-state index in [0.717, 1.165) is 56.0 Å². The number of allylic oxidation sites excluding steroid dienone is 1. The van der Waals surface area contributed by atoms with Gasteiger partial charge in [-0.25, -0.2) is 0 Å². The summed E-state index contributed by atoms with van der Waals surface area (Å²) >= 11 is 0. The van der Waals surface area contributed by atoms with Crippen molar-refractivity contribution >= 4 is 0 Å². The third-order valence-electron chi connectivity index (χ3n) is 2.82. The molecule has 0 amide bonds. The Morgan fingerprint density at radius 2 is 2.21 bits per heavy atom. The van der Waals surface area contributed by atoms with Crippen LogP contribution in [-0.4, -0.2) is 20.3 Å². The van der Waals surface area contributed by atoms with E-state index in [-0.39, 0.29) is 0 Å². The average Bonchev–Trinajstić information content (AvgIpc) is 2.45. The van der Waals surface area contributed by atoms with Crippen molar-refractivity contribution in [2.45, 2.75) is 32.7 Å². The Balaban J connectivity index is 2.62. The molecule has 0 radical (unpaired) electrons. The van der Waals surface area contributed by atoms with Gasteiger partial charge >= 0.3 is 0 Å². The summed E-state index contributed by atoms with van der Waals surface area (Å²) in [5, 5.41) is 3.39. The van der Waals surface area contributed by atoms with E-state index in [1.807, 2.05) is 24.3 Å². The van der Waals surface area contributed by atoms with Crippen LogP contribution >= 0.6 is 0 Å². The normalized spacial score (nSPS) is 10.2. The number of ether oxygens (including phenoxy) is 2. The first kappa shape index (κ1) is 15.6. The van der Waals surface area contributed by atoms with Gasteiger partial charge in [0, 0.05) is 12.1 Å². The molecule has 3 heteroatoms. The number of unbranched alkanes of at least 4 members (excludes halogenated alkanes) is 1. The van der Waals surface area contributed by atoms with Crippen LogP contribution in [0, 0.1) is 0 Å². The van der Waals surface area contributed by atoms with E-state index in [2.05, 4.69) is 18.8 Å². The van der Waals surface area contributed by atoms with Crippen molar-refractivity contribution in [3.8, 4) is 11.5 Å². The van der Waals surface area contributed by atoms with E-state index < -0.39 is 0 Å². The van der Waals surface area contributed by atoms with E-state index in [1.54, 1.807) is 7.11 Å². The van der Waals surface area contributed by atoms with Crippen molar-refractivity contribution in [3.63, 3.8) is 0 Å². The molecule has 1 aromatic carbocycles. The van der Waals surface area contributed by atoms with Gasteiger partial charge in [0.05, 0.1) is 13.7 Å². The van der Waals surface area contributed by atoms with Crippen LogP contribution in [0.25, 0.3) is 0 Å². The van der Waals surface area contributed by atoms with E-state index in [4.69, 9.17) is 9.47 Å². The summed E-state index contributed by atoms with van der Waals surface area (Å²) in [7, 11) is 1.68. The second-order valence-corrected chi connectivity index (χ2v) is 4.43. The monoisotopic (exact) mass is 263 g/mol. The largest absolute Gasteiger partial charge is 0.497 e. The predicted octanol–water partition coefficient (Wildman–Crippen LogP) is 3.54. The lowest BCUT2D eigenvalue weighted by atomic mass is 10.2. The van der Waals surface area contributed by atoms with Gasteiger partial charge in [0.25, 0.3) is 0 Å². The predicted molar refractivity (Wildman–Crippen MR) is 79.9 cm³/mol. The number of rotatable bonds is 10. The third kappa shape index (κ3) is 5.79. The Labute approximate surface area is 116 Å². The highest BCUT2D eigenvalue weighted by Crippen LogP contribution is 2.24. The number of nitrogens with one attached hydrogen (secondary N) is 1. The van der Waals surface area contributed by atoms with E-state index in [0.29, 0.717) is 0 Å². The van der Waals surface area contributed by atoms with Crippen molar-refractivity contribution in [3.05, 3.63) is 36.4 Å². The number of hydrogen-bond donors (Lipinski definition) is 1. The van der Waals surface area contributed by atoms with Crippen molar-refractivity contribution in [2.75, 3.05) is 20.3 Å². The van der Waals surface area contributed by atoms with Gasteiger partial charge in [0.2, 0.25) is 0 Å². The molecule has 0 fully saturated rings. The molecule has 0 spiro atoms. The smallest absolute Gasteiger partial charge is 0.124 e. The molecule has 0 bridgehead atoms. The summed E-state index contributed by atoms with van der Waals surface area (Å²) in [5.74, 6) is 1.81. The van der Waals surface area contributed by atoms with Crippen LogP contribution < -0.4 is 14.8 Å². The molecule has 0 unspecified atom stereocenters. The van der Waals surface area contributed by atoms with Crippen molar-refractivity contribution < 1.29 is 9.47 Å². The number of hydrogen-bond acceptors (Lipinski definition) is 3. The highest BCUT2D eigenvalue weighted by atomic mass is 16.5. The fourth-order valence-electron chi connectivity index (χ4n) is 1.77. The van der Waals surface area contributed by atoms with Crippen LogP contribution in [-0.2, 0) is 6.54 Å². The van der Waals surface area contributed by atoms with Crippen LogP contribution in [0.2, 0.25) is 0 Å². The van der Waals surface area contributed by atoms with Crippen LogP contribution in [0.1, 0.15) is 31.7 Å². The summed E-state index contributed by atoms with van der Waals surface area (Å²) < 4.78 is 11.1. The molecule has 19 heavy (non-hydrogen) atoms. The van der Waals surface area contributed by atoms with E-state index >= 15 is 0 Å². The first-order valence-corrected chi connectivity index (χ1v) is 6.93. The zero-order valence-corrected chi connectivity index (χ0v) is 12.1. The summed E-state index contributed by atoms with van der Waals surface area (Å²) in [6.07, 6.45) is 5.03. The Bertz CT molecular complexity index is 377. The zero-order chi connectivity index (χ0) is 13.9. The maximum atomic E-state index is 5.83. The van der Waals surface area contributed by atoms with E-state index in [9.17, 15) is 0 Å². The highest BCUT2D eigenvalue weighted by molar-refractivity contribution is 5.40. The zero-order valence-electron chi connectivity index (χ0n) is 12.1. The van der Waals surface area contributed by atoms with Gasteiger partial charge in [-0.15, -0.1) is 6.58 Å². The van der Waals surface area contributed by atoms with Gasteiger partial charge in [-0.05, 0) is 44.0 Å². The lowest BCUT2D eigenvalue weighted by Gasteiger charge is -2.13. The lowest BCUT2D eigenvalue weighted by molar-refractivity contribution is 0.307. The molecule has 0 saturated carbocycles. The second-order valence-electron chi connectivity index (χ2n) is 4.43. The molecule has 0 heterocycles. The molecule has 3 nitrogen and oxygen atoms in total. The Morgan fingerprint density at radius 3 is 2.89 bits per heavy atom. The number of methoxy groups -OCH3 is 1. The summed E-state index contributed by atoms with van der Waals surface area (Å²) in [6, 6.07) is 5.95. The fourth-order valence-corrected chi connectivity index (χ4v) is 1.77. The molecule has 106 valence electrons. The molecular formula is C16H25NO2. The van der Waals surface area contributed by atoms with E-state index in [1.165, 1.54) is 0 Å². The summed E-state index contributed by atoms with van der Waals surface area (Å²) in [6.45, 7) is 8.41. The molecule has 0 saturated heterocycles. The maximum absolute atomic E-state index is 5.83. The molecule has 0 aliphatic heterocycles. The van der Waals surface area contributed by atoms with Gasteiger partial charge in [-0.1, -0.05) is 13.0 Å². The topological polar surface area (TPSA) is 30.5 Å². The van der Waals surface area contributed by atoms with Crippen LogP contribution in [0.4, 0.5) is 0 Å². The maximum Gasteiger partial charge on any atom is 0.124 e. The Morgan fingerprint density at radius 1 is 1.37 bits per heavy atom. The van der Waals surface area contributed by atoms with Crippen molar-refractivity contribution in [1.82, 2.24) is 5.32 Å². The summed E-state index contributed by atoms with van der Waals surface area (Å²) in [5.41, 5.74) is 1.14. The molecule has 0 aromatic heterocycles. The first-order valence-electron chi connectivity index (χ1n) is 6.93. The molecule has 0 aliphatic rings. The van der Waals surface area contributed by atoms with Crippen molar-refractivity contribution in [2.24, 2.45) is 0 Å². The fraction of sp³-hybridized carbons (Fsp3) is 0.500. The molecule has 1 N–H and O–H groups in total. The standard InChI is InChI=1S/C16H25NO2/c1-4-6-7-11-19-16-9-8-15(18-3)12-14(16)13-17-10-5-2/h4,8-9,12,17H,1,5-7,10-11,13H2,2-3H3. The van der Waals surface area contributed by atoms with Crippen LogP contribution in [0.15, 0.2) is 30.9 Å². The summed E-state index contributed by atoms with van der Waals surface area (Å²) in [4.78, 5) is 0. The minimum atomic E-state index is 0.721. The quantitative estimate of drug-likeness (QED) is 0.517. The number of benzene rings is 1. The Kier molecular flexibility index (Phi) is 7.75. The SMILES string of the molecule is C=CCCCOc1ccc(OC)cc1CNCCC. The van der Waals surface area contributed by atoms with Gasteiger partial charge in [0.15, 0.2) is 0 Å². The molecule has 1 rings (SSSR count). The Hall–Kier alpha value is -1.48. The second kappa shape index (κ2) is 9.45. The van der Waals surface area contributed by atoms with Gasteiger partial charge < -0.3 is 14.8 Å². The molecule has 0 aliphatic carbocycles. The van der Waals surface area contributed by atoms with Crippen LogP contribution in [0.5, 0.6) is 11.5 Å². The molecule has 0 atom stereocenters. The first-order chi connectivity index (χ1) is 9.31. The van der Waals surface area contributed by atoms with Crippen molar-refractivity contribution in [1.29, 1.82) is 0 Å². The van der Waals surface area contributed by atoms with Crippen LogP contribution in [0.3, 0.4) is 0 Å². The lowest BCUT2D eigenvalue weighted by Crippen LogP contribution is -2.15. The van der Waals surface area contributed by atoms with Gasteiger partial charge in [-0.3, -0.25) is 0 Å². The average molecular weight is 263 g/mol. The molecular weight excluding hydrogens is 238 g/mol. The third-order valence-corrected chi connectivity index (χ3v) is 2.82. The molecule has 1 aromatic rings.